The maximum Gasteiger partial charge on any atom is 0.262 e. The van der Waals surface area contributed by atoms with E-state index in [1.165, 1.54) is 0 Å². The van der Waals surface area contributed by atoms with E-state index in [0.717, 1.165) is 21.7 Å². The molecule has 3 aliphatic heterocycles. The van der Waals surface area contributed by atoms with Gasteiger partial charge in [0.25, 0.3) is 17.7 Å². The van der Waals surface area contributed by atoms with Gasteiger partial charge in [-0.25, -0.2) is 0 Å². The van der Waals surface area contributed by atoms with Crippen molar-refractivity contribution in [2.45, 2.75) is 71.6 Å². The molecule has 0 bridgehead atoms. The Morgan fingerprint density at radius 3 is 2.05 bits per heavy atom. The van der Waals surface area contributed by atoms with Crippen LogP contribution in [-0.4, -0.2) is 89.6 Å². The van der Waals surface area contributed by atoms with Crippen molar-refractivity contribution in [2.75, 3.05) is 31.1 Å². The fraction of sp³-hybridized carbons (Fsp3) is 0.419. The summed E-state index contributed by atoms with van der Waals surface area (Å²) < 4.78 is 6.36. The van der Waals surface area contributed by atoms with E-state index in [2.05, 4.69) is 49.3 Å². The average molecular weight is 791 g/mol. The Bertz CT molecular complexity index is 2230. The number of piperazine rings is 1. The second-order valence-corrected chi connectivity index (χ2v) is 17.3. The lowest BCUT2D eigenvalue weighted by Gasteiger charge is -2.63. The largest absolute Gasteiger partial charge is 0.489 e. The number of fused-ring (bicyclic) bond motifs is 2. The number of anilines is 1. The quantitative estimate of drug-likeness (QED) is 0.332. The van der Waals surface area contributed by atoms with E-state index >= 15 is 0 Å². The van der Waals surface area contributed by atoms with Gasteiger partial charge in [0.15, 0.2) is 0 Å². The number of piperidine rings is 1. The lowest BCUT2D eigenvalue weighted by atomic mass is 9.49. The van der Waals surface area contributed by atoms with E-state index in [9.17, 15) is 34.0 Å². The molecule has 1 saturated carbocycles. The van der Waals surface area contributed by atoms with Crippen LogP contribution >= 0.6 is 11.6 Å². The third-order valence-corrected chi connectivity index (χ3v) is 12.9. The first-order valence-corrected chi connectivity index (χ1v) is 19.6. The zero-order valence-electron chi connectivity index (χ0n) is 32.2. The van der Waals surface area contributed by atoms with E-state index in [1.807, 2.05) is 29.2 Å². The van der Waals surface area contributed by atoms with Crippen LogP contribution in [0.2, 0.25) is 5.02 Å². The maximum absolute atomic E-state index is 13.7. The van der Waals surface area contributed by atoms with Gasteiger partial charge in [0, 0.05) is 72.7 Å². The minimum atomic E-state index is -1.02. The summed E-state index contributed by atoms with van der Waals surface area (Å²) in [6.07, 6.45) is 0.853. The summed E-state index contributed by atoms with van der Waals surface area (Å²) in [5, 5.41) is 15.0. The number of rotatable bonds is 7. The number of amides is 6. The molecule has 3 fully saturated rings. The van der Waals surface area contributed by atoms with Gasteiger partial charge < -0.3 is 19.9 Å². The van der Waals surface area contributed by atoms with Crippen LogP contribution in [0.3, 0.4) is 0 Å². The van der Waals surface area contributed by atoms with Crippen LogP contribution < -0.4 is 20.3 Å². The van der Waals surface area contributed by atoms with Crippen molar-refractivity contribution in [3.05, 3.63) is 93.0 Å². The number of imide groups is 2. The Balaban J connectivity index is 0.839. The molecule has 0 radical (unpaired) electrons. The molecular formula is C43H43ClN6O7. The smallest absolute Gasteiger partial charge is 0.262 e. The average Bonchev–Trinajstić information content (AvgIpc) is 3.71. The Morgan fingerprint density at radius 2 is 1.49 bits per heavy atom. The molecule has 1 unspecified atom stereocenters. The number of carbonyl (C=O) groups excluding carboxylic acids is 6. The molecule has 2 saturated heterocycles. The Hall–Kier alpha value is -5.74. The van der Waals surface area contributed by atoms with Gasteiger partial charge in [-0.15, -0.1) is 0 Å². The SMILES string of the molecule is CC1(C)C(NC(=O)c2ccc(N3CCN(C(=O)C4Cc5cc6c(cc5C4)C(=O)N(C4CCC(=O)NC4=O)C6=O)CC3)cc2)C(C)(C)C1Oc1ccc(C#N)c(Cl)c1. The number of carbonyl (C=O) groups is 6. The second-order valence-electron chi connectivity index (χ2n) is 16.9. The highest BCUT2D eigenvalue weighted by atomic mass is 35.5. The van der Waals surface area contributed by atoms with Gasteiger partial charge in [0.05, 0.1) is 21.7 Å². The highest BCUT2D eigenvalue weighted by molar-refractivity contribution is 6.31. The van der Waals surface area contributed by atoms with Crippen LogP contribution in [0.1, 0.15) is 88.3 Å². The van der Waals surface area contributed by atoms with Crippen LogP contribution in [0.15, 0.2) is 54.6 Å². The molecule has 294 valence electrons. The van der Waals surface area contributed by atoms with Crippen LogP contribution in [0, 0.1) is 28.1 Å². The second kappa shape index (κ2) is 14.0. The topological polar surface area (TPSA) is 169 Å². The molecule has 2 N–H and O–H groups in total. The highest BCUT2D eigenvalue weighted by Gasteiger charge is 2.64. The minimum absolute atomic E-state index is 0.0380. The lowest BCUT2D eigenvalue weighted by Crippen LogP contribution is -2.74. The van der Waals surface area contributed by atoms with Crippen molar-refractivity contribution in [1.82, 2.24) is 20.4 Å². The molecular weight excluding hydrogens is 748 g/mol. The molecule has 0 aromatic heterocycles. The first-order valence-electron chi connectivity index (χ1n) is 19.3. The zero-order chi connectivity index (χ0) is 40.6. The normalized spacial score (nSPS) is 23.6. The van der Waals surface area contributed by atoms with Gasteiger partial charge in [-0.2, -0.15) is 5.26 Å². The number of nitrogens with zero attached hydrogens (tertiary/aromatic N) is 4. The lowest BCUT2D eigenvalue weighted by molar-refractivity contribution is -0.164. The van der Waals surface area contributed by atoms with Gasteiger partial charge >= 0.3 is 0 Å². The Morgan fingerprint density at radius 1 is 0.877 bits per heavy atom. The first kappa shape index (κ1) is 38.1. The van der Waals surface area contributed by atoms with Gasteiger partial charge in [-0.1, -0.05) is 39.3 Å². The predicted octanol–water partition coefficient (Wildman–Crippen LogP) is 4.29. The number of nitriles is 1. The van der Waals surface area contributed by atoms with Crippen LogP contribution in [-0.2, 0) is 27.2 Å². The van der Waals surface area contributed by atoms with Gasteiger partial charge in [-0.3, -0.25) is 39.0 Å². The van der Waals surface area contributed by atoms with Crippen molar-refractivity contribution in [3.63, 3.8) is 0 Å². The number of hydrogen-bond donors (Lipinski definition) is 2. The van der Waals surface area contributed by atoms with Crippen LogP contribution in [0.4, 0.5) is 5.69 Å². The van der Waals surface area contributed by atoms with Crippen molar-refractivity contribution in [1.29, 1.82) is 5.26 Å². The van der Waals surface area contributed by atoms with Crippen molar-refractivity contribution in [3.8, 4) is 11.8 Å². The van der Waals surface area contributed by atoms with E-state index in [1.54, 1.807) is 30.3 Å². The predicted molar refractivity (Wildman–Crippen MR) is 209 cm³/mol. The molecule has 1 atom stereocenters. The molecule has 3 heterocycles. The summed E-state index contributed by atoms with van der Waals surface area (Å²) in [4.78, 5) is 82.9. The molecule has 6 amide bonds. The molecule has 5 aliphatic rings. The summed E-state index contributed by atoms with van der Waals surface area (Å²) in [6.45, 7) is 10.6. The van der Waals surface area contributed by atoms with E-state index in [4.69, 9.17) is 16.3 Å². The molecule has 57 heavy (non-hydrogen) atoms. The highest BCUT2D eigenvalue weighted by Crippen LogP contribution is 2.55. The fourth-order valence-corrected chi connectivity index (χ4v) is 10.1. The summed E-state index contributed by atoms with van der Waals surface area (Å²) in [5.74, 6) is -2.04. The third-order valence-electron chi connectivity index (χ3n) is 12.6. The van der Waals surface area contributed by atoms with Crippen LogP contribution in [0.25, 0.3) is 0 Å². The molecule has 8 rings (SSSR count). The minimum Gasteiger partial charge on any atom is -0.489 e. The maximum atomic E-state index is 13.7. The summed E-state index contributed by atoms with van der Waals surface area (Å²) >= 11 is 6.24. The van der Waals surface area contributed by atoms with Crippen molar-refractivity contribution in [2.24, 2.45) is 16.7 Å². The third kappa shape index (κ3) is 6.49. The number of nitrogens with one attached hydrogen (secondary N) is 2. The van der Waals surface area contributed by atoms with Crippen molar-refractivity contribution < 1.29 is 33.5 Å². The number of benzene rings is 3. The van der Waals surface area contributed by atoms with Gasteiger partial charge in [0.1, 0.15) is 24.0 Å². The number of halogens is 1. The van der Waals surface area contributed by atoms with E-state index in [0.29, 0.717) is 60.9 Å². The summed E-state index contributed by atoms with van der Waals surface area (Å²) in [6, 6.07) is 16.8. The van der Waals surface area contributed by atoms with E-state index < -0.39 is 40.5 Å². The summed E-state index contributed by atoms with van der Waals surface area (Å²) in [5.41, 5.74) is 3.27. The number of hydrogen-bond acceptors (Lipinski definition) is 9. The van der Waals surface area contributed by atoms with Crippen molar-refractivity contribution >= 4 is 52.7 Å². The first-order chi connectivity index (χ1) is 27.1. The molecule has 3 aromatic carbocycles. The Labute approximate surface area is 335 Å². The zero-order valence-corrected chi connectivity index (χ0v) is 32.9. The monoisotopic (exact) mass is 790 g/mol. The molecule has 3 aromatic rings. The summed E-state index contributed by atoms with van der Waals surface area (Å²) in [7, 11) is 0. The Kier molecular flexibility index (Phi) is 9.38. The van der Waals surface area contributed by atoms with Crippen LogP contribution in [0.5, 0.6) is 5.75 Å². The molecule has 0 spiro atoms. The van der Waals surface area contributed by atoms with E-state index in [-0.39, 0.29) is 53.8 Å². The standard InChI is InChI=1S/C43H43ClN6O7/c1-42(2)40(43(3,4)41(42)57-29-10-7-24(22-45)32(44)21-29)47-35(52)23-5-8-28(9-6-23)48-13-15-49(16-14-48)37(54)27-17-25-19-30-31(20-26(25)18-27)39(56)50(38(30)55)33-11-12-34(51)46-36(33)53/h5-10,19-21,27,33,40-41H,11-18H2,1-4H3,(H,47,52)(H,46,51,53). The van der Waals surface area contributed by atoms with Gasteiger partial charge in [-0.05, 0) is 78.9 Å². The molecule has 13 nitrogen and oxygen atoms in total. The molecule has 14 heteroatoms. The van der Waals surface area contributed by atoms with Gasteiger partial charge in [0.2, 0.25) is 17.7 Å². The molecule has 2 aliphatic carbocycles. The fourth-order valence-electron chi connectivity index (χ4n) is 9.84. The number of ether oxygens (including phenoxy) is 1.